The van der Waals surface area contributed by atoms with Crippen LogP contribution in [0.25, 0.3) is 11.1 Å². The number of hydrogen-bond donors (Lipinski definition) is 0. The third-order valence-corrected chi connectivity index (χ3v) is 8.59. The van der Waals surface area contributed by atoms with Gasteiger partial charge >= 0.3 is 6.18 Å². The smallest absolute Gasteiger partial charge is 0.338 e. The zero-order valence-electron chi connectivity index (χ0n) is 19.1. The molecule has 184 valence electrons. The van der Waals surface area contributed by atoms with Crippen molar-refractivity contribution in [3.63, 3.8) is 0 Å². The van der Waals surface area contributed by atoms with E-state index in [4.69, 9.17) is 0 Å². The Morgan fingerprint density at radius 1 is 0.771 bits per heavy atom. The molecule has 3 heterocycles. The van der Waals surface area contributed by atoms with E-state index in [2.05, 4.69) is 47.7 Å². The summed E-state index contributed by atoms with van der Waals surface area (Å²) in [4.78, 5) is 16.2. The van der Waals surface area contributed by atoms with Crippen LogP contribution in [0.4, 0.5) is 19.1 Å². The maximum absolute atomic E-state index is 13.0. The zero-order valence-corrected chi connectivity index (χ0v) is 20.7. The first-order chi connectivity index (χ1) is 17.0. The van der Waals surface area contributed by atoms with E-state index in [1.54, 1.807) is 18.5 Å². The molecule has 1 saturated heterocycles. The molecular weight excluding hydrogens is 491 g/mol. The second-order valence-corrected chi connectivity index (χ2v) is 10.9. The molecule has 0 amide bonds. The third-order valence-electron chi connectivity index (χ3n) is 6.13. The highest BCUT2D eigenvalue weighted by Crippen LogP contribution is 2.46. The summed E-state index contributed by atoms with van der Waals surface area (Å²) in [6.07, 6.45) is 1.17. The summed E-state index contributed by atoms with van der Waals surface area (Å²) in [7, 11) is 0. The molecule has 1 aromatic heterocycles. The molecule has 3 aromatic rings. The fraction of sp³-hybridized carbons (Fsp3) is 0.360. The number of halogens is 3. The van der Waals surface area contributed by atoms with E-state index in [0.717, 1.165) is 64.2 Å². The number of rotatable bonds is 7. The Balaban J connectivity index is 1.05. The SMILES string of the molecule is FC(F)(F)c1cccc(-c2cnc(N3CCN(CCCCN4Sc5ccccc5S4)CC3)nc2)c1. The van der Waals surface area contributed by atoms with Gasteiger partial charge < -0.3 is 4.90 Å². The molecule has 1 fully saturated rings. The van der Waals surface area contributed by atoms with Crippen molar-refractivity contribution < 1.29 is 13.2 Å². The largest absolute Gasteiger partial charge is 0.416 e. The number of anilines is 1. The first-order valence-electron chi connectivity index (χ1n) is 11.7. The first kappa shape index (κ1) is 24.4. The van der Waals surface area contributed by atoms with Gasteiger partial charge in [0.05, 0.1) is 5.56 Å². The highest BCUT2D eigenvalue weighted by molar-refractivity contribution is 8.14. The highest BCUT2D eigenvalue weighted by atomic mass is 32.2. The second-order valence-electron chi connectivity index (χ2n) is 8.57. The molecule has 5 rings (SSSR count). The van der Waals surface area contributed by atoms with E-state index in [1.807, 2.05) is 23.9 Å². The molecule has 0 N–H and O–H groups in total. The maximum Gasteiger partial charge on any atom is 0.416 e. The van der Waals surface area contributed by atoms with Gasteiger partial charge in [-0.1, -0.05) is 24.3 Å². The van der Waals surface area contributed by atoms with Gasteiger partial charge in [0.2, 0.25) is 5.95 Å². The monoisotopic (exact) mass is 517 g/mol. The van der Waals surface area contributed by atoms with Gasteiger partial charge in [0, 0.05) is 60.5 Å². The molecule has 0 bridgehead atoms. The average Bonchev–Trinajstić information content (AvgIpc) is 3.30. The average molecular weight is 518 g/mol. The van der Waals surface area contributed by atoms with E-state index in [0.29, 0.717) is 17.1 Å². The van der Waals surface area contributed by atoms with Gasteiger partial charge in [-0.2, -0.15) is 16.9 Å². The molecule has 0 atom stereocenters. The van der Waals surface area contributed by atoms with Crippen LogP contribution in [0, 0.1) is 0 Å². The number of benzene rings is 2. The molecule has 2 aromatic carbocycles. The van der Waals surface area contributed by atoms with Crippen molar-refractivity contribution in [3.8, 4) is 11.1 Å². The van der Waals surface area contributed by atoms with Crippen molar-refractivity contribution in [3.05, 3.63) is 66.5 Å². The Labute approximate surface area is 212 Å². The van der Waals surface area contributed by atoms with Gasteiger partial charge in [0.15, 0.2) is 0 Å². The molecule has 10 heteroatoms. The topological polar surface area (TPSA) is 35.5 Å². The number of nitrogens with zero attached hydrogens (tertiary/aromatic N) is 5. The summed E-state index contributed by atoms with van der Waals surface area (Å²) in [5.41, 5.74) is 0.375. The van der Waals surface area contributed by atoms with Crippen LogP contribution in [-0.2, 0) is 6.18 Å². The van der Waals surface area contributed by atoms with Crippen LogP contribution in [0.5, 0.6) is 0 Å². The summed E-state index contributed by atoms with van der Waals surface area (Å²) >= 11 is 3.67. The molecule has 0 aliphatic carbocycles. The Hall–Kier alpha value is -2.27. The lowest BCUT2D eigenvalue weighted by Crippen LogP contribution is -2.47. The summed E-state index contributed by atoms with van der Waals surface area (Å²) < 4.78 is 41.4. The zero-order chi connectivity index (χ0) is 24.3. The van der Waals surface area contributed by atoms with E-state index < -0.39 is 11.7 Å². The fourth-order valence-electron chi connectivity index (χ4n) is 4.19. The van der Waals surface area contributed by atoms with Crippen LogP contribution in [0.2, 0.25) is 0 Å². The van der Waals surface area contributed by atoms with Gasteiger partial charge in [-0.3, -0.25) is 4.90 Å². The molecule has 5 nitrogen and oxygen atoms in total. The van der Waals surface area contributed by atoms with Crippen LogP contribution in [0.15, 0.2) is 70.7 Å². The third kappa shape index (κ3) is 6.11. The number of fused-ring (bicyclic) bond motifs is 1. The number of piperazine rings is 1. The van der Waals surface area contributed by atoms with Crippen LogP contribution < -0.4 is 4.90 Å². The summed E-state index contributed by atoms with van der Waals surface area (Å²) in [5.74, 6) is 0.628. The lowest BCUT2D eigenvalue weighted by molar-refractivity contribution is -0.137. The predicted octanol–water partition coefficient (Wildman–Crippen LogP) is 6.09. The molecule has 0 radical (unpaired) electrons. The molecular formula is C25H26F3N5S2. The molecule has 0 spiro atoms. The summed E-state index contributed by atoms with van der Waals surface area (Å²) in [5, 5.41) is 0. The van der Waals surface area contributed by atoms with Crippen molar-refractivity contribution >= 4 is 29.8 Å². The number of alkyl halides is 3. The lowest BCUT2D eigenvalue weighted by Gasteiger charge is -2.34. The van der Waals surface area contributed by atoms with Gasteiger partial charge in [0.1, 0.15) is 0 Å². The number of aromatic nitrogens is 2. The normalized spacial score (nSPS) is 17.1. The van der Waals surface area contributed by atoms with Gasteiger partial charge in [-0.25, -0.2) is 9.97 Å². The van der Waals surface area contributed by atoms with Crippen LogP contribution >= 0.6 is 23.9 Å². The number of hydrogen-bond acceptors (Lipinski definition) is 7. The van der Waals surface area contributed by atoms with Crippen molar-refractivity contribution in [2.75, 3.05) is 44.2 Å². The van der Waals surface area contributed by atoms with E-state index >= 15 is 0 Å². The van der Waals surface area contributed by atoms with Crippen molar-refractivity contribution in [2.45, 2.75) is 28.8 Å². The molecule has 2 aliphatic rings. The second kappa shape index (κ2) is 10.8. The molecule has 0 unspecified atom stereocenters. The first-order valence-corrected chi connectivity index (χ1v) is 13.2. The van der Waals surface area contributed by atoms with Crippen molar-refractivity contribution in [1.82, 2.24) is 18.6 Å². The van der Waals surface area contributed by atoms with Crippen molar-refractivity contribution in [1.29, 1.82) is 0 Å². The van der Waals surface area contributed by atoms with Crippen LogP contribution in [0.1, 0.15) is 18.4 Å². The van der Waals surface area contributed by atoms with Crippen LogP contribution in [-0.4, -0.2) is 57.8 Å². The summed E-state index contributed by atoms with van der Waals surface area (Å²) in [6, 6.07) is 13.8. The minimum Gasteiger partial charge on any atom is -0.338 e. The summed E-state index contributed by atoms with van der Waals surface area (Å²) in [6.45, 7) is 5.75. The minimum absolute atomic E-state index is 0.464. The Morgan fingerprint density at radius 2 is 1.43 bits per heavy atom. The maximum atomic E-state index is 13.0. The Morgan fingerprint density at radius 3 is 2.09 bits per heavy atom. The Kier molecular flexibility index (Phi) is 7.52. The molecule has 35 heavy (non-hydrogen) atoms. The van der Waals surface area contributed by atoms with Gasteiger partial charge in [-0.15, -0.1) is 0 Å². The highest BCUT2D eigenvalue weighted by Gasteiger charge is 2.30. The van der Waals surface area contributed by atoms with E-state index in [9.17, 15) is 13.2 Å². The Bertz CT molecular complexity index is 1110. The fourth-order valence-corrected chi connectivity index (χ4v) is 6.52. The standard InChI is InChI=1S/C25H26F3N5S2/c26-25(27,28)21-7-5-6-19(16-21)20-17-29-24(30-18-20)32-14-12-31(13-15-32)10-3-4-11-33-34-22-8-1-2-9-23(22)35-33/h1-2,5-9,16-18H,3-4,10-15H2. The lowest BCUT2D eigenvalue weighted by atomic mass is 10.1. The quantitative estimate of drug-likeness (QED) is 0.277. The van der Waals surface area contributed by atoms with Gasteiger partial charge in [0.25, 0.3) is 0 Å². The number of unbranched alkanes of at least 4 members (excludes halogenated alkanes) is 1. The predicted molar refractivity (Wildman–Crippen MR) is 135 cm³/mol. The van der Waals surface area contributed by atoms with E-state index in [-0.39, 0.29) is 0 Å². The van der Waals surface area contributed by atoms with Gasteiger partial charge in [-0.05, 0) is 73.1 Å². The molecule has 0 saturated carbocycles. The van der Waals surface area contributed by atoms with Crippen LogP contribution in [0.3, 0.4) is 0 Å². The minimum atomic E-state index is -4.37. The van der Waals surface area contributed by atoms with Crippen molar-refractivity contribution in [2.24, 2.45) is 0 Å². The molecule has 2 aliphatic heterocycles. The van der Waals surface area contributed by atoms with E-state index in [1.165, 1.54) is 15.9 Å².